The van der Waals surface area contributed by atoms with Crippen LogP contribution in [0.1, 0.15) is 10.4 Å². The molecule has 0 bridgehead atoms. The number of benzene rings is 1. The number of hydrogen-bond donors (Lipinski definition) is 0. The number of halogens is 4. The molecule has 7 nitrogen and oxygen atoms in total. The zero-order chi connectivity index (χ0) is 23.1. The lowest BCUT2D eigenvalue weighted by atomic mass is 10.2. The van der Waals surface area contributed by atoms with Crippen molar-refractivity contribution >= 4 is 17.4 Å². The molecule has 2 amide bonds. The van der Waals surface area contributed by atoms with E-state index in [1.807, 2.05) is 6.07 Å². The Morgan fingerprint density at radius 1 is 1.19 bits per heavy atom. The van der Waals surface area contributed by atoms with Crippen molar-refractivity contribution in [2.45, 2.75) is 25.7 Å². The molecule has 1 aliphatic rings. The van der Waals surface area contributed by atoms with Gasteiger partial charge in [0.05, 0.1) is 5.69 Å². The molecule has 0 radical (unpaired) electrons. The van der Waals surface area contributed by atoms with Gasteiger partial charge in [0.25, 0.3) is 0 Å². The zero-order valence-electron chi connectivity index (χ0n) is 16.8. The topological polar surface area (TPSA) is 69.0 Å². The van der Waals surface area contributed by atoms with Crippen molar-refractivity contribution in [1.82, 2.24) is 14.5 Å². The number of aromatic nitrogens is 2. The van der Waals surface area contributed by atoms with Crippen molar-refractivity contribution in [1.29, 1.82) is 0 Å². The van der Waals surface area contributed by atoms with Crippen LogP contribution in [0.2, 0.25) is 0 Å². The number of aryl methyl sites for hydroxylation is 1. The Morgan fingerprint density at radius 2 is 1.91 bits per heavy atom. The monoisotopic (exact) mass is 468 g/mol. The SMILES string of the molecule is Cc1cn(-c2ccc3c(c2)OC(F)(F)C(F)(F)O3)/c(=N/C(=O)N(C)Cc2cccnc2)s1. The first kappa shape index (κ1) is 21.8. The standard InChI is InChI=1S/C20H16F4N4O3S/c1-12-10-28(14-5-6-15-16(8-14)31-20(23,24)19(21,22)30-15)18(32-12)26-17(29)27(2)11-13-4-3-7-25-9-13/h3-10H,11H2,1-2H3/b26-18-. The predicted octanol–water partition coefficient (Wildman–Crippen LogP) is 4.35. The molecule has 0 saturated heterocycles. The molecule has 0 spiro atoms. The van der Waals surface area contributed by atoms with Gasteiger partial charge in [-0.2, -0.15) is 22.6 Å². The number of carbonyl (C=O) groups is 1. The van der Waals surface area contributed by atoms with Gasteiger partial charge in [0.1, 0.15) is 0 Å². The van der Waals surface area contributed by atoms with E-state index in [-0.39, 0.29) is 17.0 Å². The maximum Gasteiger partial charge on any atom is 0.507 e. The van der Waals surface area contributed by atoms with Gasteiger partial charge in [0, 0.05) is 43.1 Å². The molecule has 0 fully saturated rings. The summed E-state index contributed by atoms with van der Waals surface area (Å²) < 4.78 is 63.6. The van der Waals surface area contributed by atoms with Gasteiger partial charge in [-0.05, 0) is 30.7 Å². The number of rotatable bonds is 3. The van der Waals surface area contributed by atoms with E-state index in [9.17, 15) is 22.4 Å². The van der Waals surface area contributed by atoms with Crippen LogP contribution in [0.5, 0.6) is 11.5 Å². The van der Waals surface area contributed by atoms with Crippen LogP contribution in [0.3, 0.4) is 0 Å². The van der Waals surface area contributed by atoms with E-state index in [1.165, 1.54) is 26.9 Å². The number of amides is 2. The Balaban J connectivity index is 1.65. The van der Waals surface area contributed by atoms with Crippen LogP contribution >= 0.6 is 11.3 Å². The van der Waals surface area contributed by atoms with E-state index in [0.29, 0.717) is 0 Å². The van der Waals surface area contributed by atoms with Gasteiger partial charge in [-0.15, -0.1) is 11.3 Å². The van der Waals surface area contributed by atoms with Gasteiger partial charge in [0.2, 0.25) is 0 Å². The fourth-order valence-electron chi connectivity index (χ4n) is 2.92. The summed E-state index contributed by atoms with van der Waals surface area (Å²) in [7, 11) is 1.58. The smallest absolute Gasteiger partial charge is 0.421 e. The molecule has 0 saturated carbocycles. The first-order chi connectivity index (χ1) is 15.1. The first-order valence-corrected chi connectivity index (χ1v) is 10.0. The highest BCUT2D eigenvalue weighted by Gasteiger charge is 2.65. The van der Waals surface area contributed by atoms with Crippen LogP contribution in [0.25, 0.3) is 5.69 Å². The number of thiazole rings is 1. The van der Waals surface area contributed by atoms with Gasteiger partial charge >= 0.3 is 18.2 Å². The van der Waals surface area contributed by atoms with Crippen LogP contribution in [0.15, 0.2) is 53.9 Å². The first-order valence-electron chi connectivity index (χ1n) is 9.22. The fourth-order valence-corrected chi connectivity index (χ4v) is 3.75. The number of ether oxygens (including phenoxy) is 2. The van der Waals surface area contributed by atoms with E-state index >= 15 is 0 Å². The lowest BCUT2D eigenvalue weighted by Crippen LogP contribution is -2.52. The summed E-state index contributed by atoms with van der Waals surface area (Å²) in [5.41, 5.74) is 1.09. The second-order valence-electron chi connectivity index (χ2n) is 6.97. The quantitative estimate of drug-likeness (QED) is 0.536. The van der Waals surface area contributed by atoms with Crippen LogP contribution in [0, 0.1) is 6.92 Å². The normalized spacial score (nSPS) is 16.6. The molecule has 1 aromatic carbocycles. The Bertz CT molecular complexity index is 1230. The van der Waals surface area contributed by atoms with Crippen molar-refractivity contribution in [3.63, 3.8) is 0 Å². The number of hydrogen-bond acceptors (Lipinski definition) is 5. The minimum Gasteiger partial charge on any atom is -0.421 e. The molecule has 0 atom stereocenters. The number of pyridine rings is 1. The Kier molecular flexibility index (Phi) is 5.41. The summed E-state index contributed by atoms with van der Waals surface area (Å²) in [6.07, 6.45) is -4.73. The number of carbonyl (C=O) groups excluding carboxylic acids is 1. The largest absolute Gasteiger partial charge is 0.507 e. The molecule has 1 aliphatic heterocycles. The molecule has 3 aromatic rings. The van der Waals surface area contributed by atoms with Crippen molar-refractivity contribution in [3.8, 4) is 17.2 Å². The number of fused-ring (bicyclic) bond motifs is 1. The molecule has 12 heteroatoms. The second kappa shape index (κ2) is 7.93. The number of nitrogens with zero attached hydrogens (tertiary/aromatic N) is 4. The molecule has 0 unspecified atom stereocenters. The molecule has 0 aliphatic carbocycles. The zero-order valence-corrected chi connectivity index (χ0v) is 17.6. The molecule has 168 valence electrons. The lowest BCUT2D eigenvalue weighted by molar-refractivity contribution is -0.391. The summed E-state index contributed by atoms with van der Waals surface area (Å²) in [5, 5.41) is 0. The molecule has 3 heterocycles. The third-order valence-electron chi connectivity index (χ3n) is 4.45. The fraction of sp³-hybridized carbons (Fsp3) is 0.250. The molecular weight excluding hydrogens is 452 g/mol. The summed E-state index contributed by atoms with van der Waals surface area (Å²) in [6.45, 7) is 2.06. The molecule has 0 N–H and O–H groups in total. The Labute approximate surface area is 183 Å². The van der Waals surface area contributed by atoms with E-state index < -0.39 is 29.7 Å². The Hall–Kier alpha value is -3.41. The van der Waals surface area contributed by atoms with Crippen molar-refractivity contribution in [2.24, 2.45) is 4.99 Å². The maximum atomic E-state index is 13.5. The van der Waals surface area contributed by atoms with E-state index in [0.717, 1.165) is 22.6 Å². The highest BCUT2D eigenvalue weighted by molar-refractivity contribution is 7.09. The predicted molar refractivity (Wildman–Crippen MR) is 106 cm³/mol. The number of urea groups is 1. The van der Waals surface area contributed by atoms with Crippen LogP contribution in [-0.4, -0.2) is 39.7 Å². The molecular formula is C20H16F4N4O3S. The van der Waals surface area contributed by atoms with E-state index in [1.54, 1.807) is 38.6 Å². The van der Waals surface area contributed by atoms with Gasteiger partial charge < -0.3 is 14.4 Å². The van der Waals surface area contributed by atoms with Crippen molar-refractivity contribution < 1.29 is 31.8 Å². The Morgan fingerprint density at radius 3 is 2.59 bits per heavy atom. The highest BCUT2D eigenvalue weighted by Crippen LogP contribution is 2.47. The van der Waals surface area contributed by atoms with Crippen LogP contribution < -0.4 is 14.3 Å². The third kappa shape index (κ3) is 4.17. The minimum absolute atomic E-state index is 0.263. The van der Waals surface area contributed by atoms with Gasteiger partial charge in [0.15, 0.2) is 16.3 Å². The average Bonchev–Trinajstić information content (AvgIpc) is 3.08. The van der Waals surface area contributed by atoms with E-state index in [4.69, 9.17) is 0 Å². The van der Waals surface area contributed by atoms with E-state index in [2.05, 4.69) is 19.5 Å². The van der Waals surface area contributed by atoms with Crippen LogP contribution in [-0.2, 0) is 6.54 Å². The highest BCUT2D eigenvalue weighted by atomic mass is 32.1. The summed E-state index contributed by atoms with van der Waals surface area (Å²) >= 11 is 1.19. The van der Waals surface area contributed by atoms with Crippen molar-refractivity contribution in [2.75, 3.05) is 7.05 Å². The third-order valence-corrected chi connectivity index (χ3v) is 5.35. The van der Waals surface area contributed by atoms with Gasteiger partial charge in [-0.3, -0.25) is 9.55 Å². The maximum absolute atomic E-state index is 13.5. The molecule has 4 rings (SSSR count). The van der Waals surface area contributed by atoms with Gasteiger partial charge in [-0.25, -0.2) is 4.79 Å². The second-order valence-corrected chi connectivity index (χ2v) is 8.19. The average molecular weight is 468 g/mol. The molecule has 32 heavy (non-hydrogen) atoms. The number of alkyl halides is 4. The summed E-state index contributed by atoms with van der Waals surface area (Å²) in [5.74, 6) is -1.08. The van der Waals surface area contributed by atoms with Crippen molar-refractivity contribution in [3.05, 3.63) is 64.2 Å². The van der Waals surface area contributed by atoms with Gasteiger partial charge in [-0.1, -0.05) is 6.07 Å². The lowest BCUT2D eigenvalue weighted by Gasteiger charge is -2.31. The summed E-state index contributed by atoms with van der Waals surface area (Å²) in [4.78, 5) is 23.2. The molecule has 2 aromatic heterocycles. The van der Waals surface area contributed by atoms with Crippen LogP contribution in [0.4, 0.5) is 22.4 Å². The minimum atomic E-state index is -4.83. The summed E-state index contributed by atoms with van der Waals surface area (Å²) in [6, 6.07) is 6.62.